The highest BCUT2D eigenvalue weighted by Crippen LogP contribution is 2.32. The molecule has 0 aliphatic carbocycles. The van der Waals surface area contributed by atoms with E-state index < -0.39 is 6.10 Å². The highest BCUT2D eigenvalue weighted by molar-refractivity contribution is 5.43. The van der Waals surface area contributed by atoms with Crippen molar-refractivity contribution in [2.75, 3.05) is 19.7 Å². The Morgan fingerprint density at radius 2 is 2.11 bits per heavy atom. The van der Waals surface area contributed by atoms with E-state index in [1.165, 1.54) is 12.1 Å². The summed E-state index contributed by atoms with van der Waals surface area (Å²) in [4.78, 5) is 2.21. The predicted molar refractivity (Wildman–Crippen MR) is 134 cm³/mol. The SMILES string of the molecule is C=CCC[C@@H](O)CN(Cc1c(C)nn(-c2ccccc2)c1Oc1cccc(F)c1)C[C@@H]1CCCO1. The van der Waals surface area contributed by atoms with Gasteiger partial charge in [-0.1, -0.05) is 30.3 Å². The molecule has 1 fully saturated rings. The third kappa shape index (κ3) is 6.78. The summed E-state index contributed by atoms with van der Waals surface area (Å²) in [5.41, 5.74) is 2.56. The number of para-hydroxylation sites is 1. The number of nitrogens with zero attached hydrogens (tertiary/aromatic N) is 3. The molecule has 7 heteroatoms. The third-order valence-corrected chi connectivity index (χ3v) is 6.19. The third-order valence-electron chi connectivity index (χ3n) is 6.19. The standard InChI is InChI=1S/C28H34FN3O3/c1-3-4-13-24(33)18-31(19-26-15-9-16-34-26)20-27-21(2)30-32(23-11-6-5-7-12-23)28(27)35-25-14-8-10-22(29)17-25/h3,5-8,10-12,14,17,24,26,33H,1,4,9,13,15-16,18-20H2,2H3/t24-,26+/m1/s1. The summed E-state index contributed by atoms with van der Waals surface area (Å²) >= 11 is 0. The highest BCUT2D eigenvalue weighted by atomic mass is 19.1. The summed E-state index contributed by atoms with van der Waals surface area (Å²) in [6, 6.07) is 15.9. The number of hydrogen-bond donors (Lipinski definition) is 1. The Morgan fingerprint density at radius 3 is 2.83 bits per heavy atom. The van der Waals surface area contributed by atoms with E-state index in [2.05, 4.69) is 11.5 Å². The lowest BCUT2D eigenvalue weighted by molar-refractivity contribution is 0.0442. The average molecular weight is 480 g/mol. The summed E-state index contributed by atoms with van der Waals surface area (Å²) in [7, 11) is 0. The van der Waals surface area contributed by atoms with Gasteiger partial charge in [-0.3, -0.25) is 4.90 Å². The van der Waals surface area contributed by atoms with Crippen LogP contribution in [0, 0.1) is 12.7 Å². The van der Waals surface area contributed by atoms with Crippen LogP contribution in [0.15, 0.2) is 67.3 Å². The quantitative estimate of drug-likeness (QED) is 0.352. The van der Waals surface area contributed by atoms with E-state index in [4.69, 9.17) is 14.6 Å². The van der Waals surface area contributed by atoms with Gasteiger partial charge in [-0.2, -0.15) is 5.10 Å². The predicted octanol–water partition coefficient (Wildman–Crippen LogP) is 5.42. The smallest absolute Gasteiger partial charge is 0.227 e. The van der Waals surface area contributed by atoms with Crippen LogP contribution in [0.4, 0.5) is 4.39 Å². The molecule has 0 spiro atoms. The van der Waals surface area contributed by atoms with Crippen molar-refractivity contribution >= 4 is 0 Å². The first-order chi connectivity index (χ1) is 17.0. The number of rotatable bonds is 12. The minimum absolute atomic E-state index is 0.138. The number of aliphatic hydroxyl groups excluding tert-OH is 1. The lowest BCUT2D eigenvalue weighted by atomic mass is 10.1. The molecule has 1 aromatic heterocycles. The van der Waals surface area contributed by atoms with Gasteiger partial charge in [0.25, 0.3) is 0 Å². The van der Waals surface area contributed by atoms with Crippen LogP contribution in [0.1, 0.15) is 36.9 Å². The number of benzene rings is 2. The van der Waals surface area contributed by atoms with Crippen molar-refractivity contribution in [3.8, 4) is 17.3 Å². The number of allylic oxidation sites excluding steroid dienone is 1. The Bertz CT molecular complexity index is 1100. The number of aromatic nitrogens is 2. The molecule has 0 unspecified atom stereocenters. The molecule has 1 aliphatic heterocycles. The Balaban J connectivity index is 1.66. The molecule has 6 nitrogen and oxygen atoms in total. The molecular formula is C28H34FN3O3. The van der Waals surface area contributed by atoms with E-state index in [1.54, 1.807) is 16.8 Å². The van der Waals surface area contributed by atoms with Crippen molar-refractivity contribution in [1.82, 2.24) is 14.7 Å². The minimum Gasteiger partial charge on any atom is -0.438 e. The molecule has 0 amide bonds. The second-order valence-corrected chi connectivity index (χ2v) is 9.02. The molecule has 2 heterocycles. The Kier molecular flexibility index (Phi) is 8.69. The van der Waals surface area contributed by atoms with Crippen LogP contribution in [0.2, 0.25) is 0 Å². The number of aliphatic hydroxyl groups is 1. The highest BCUT2D eigenvalue weighted by Gasteiger charge is 2.26. The first-order valence-electron chi connectivity index (χ1n) is 12.2. The summed E-state index contributed by atoms with van der Waals surface area (Å²) in [5.74, 6) is 0.578. The lowest BCUT2D eigenvalue weighted by Crippen LogP contribution is -2.37. The Morgan fingerprint density at radius 1 is 1.29 bits per heavy atom. The minimum atomic E-state index is -0.480. The second-order valence-electron chi connectivity index (χ2n) is 9.02. The van der Waals surface area contributed by atoms with E-state index in [9.17, 15) is 9.50 Å². The van der Waals surface area contributed by atoms with Crippen LogP contribution in [-0.2, 0) is 11.3 Å². The number of aryl methyl sites for hydroxylation is 1. The van der Waals surface area contributed by atoms with Crippen LogP contribution in [0.25, 0.3) is 5.69 Å². The number of ether oxygens (including phenoxy) is 2. The van der Waals surface area contributed by atoms with Gasteiger partial charge in [-0.15, -0.1) is 6.58 Å². The van der Waals surface area contributed by atoms with Crippen LogP contribution in [0.3, 0.4) is 0 Å². The number of halogens is 1. The monoisotopic (exact) mass is 479 g/mol. The first-order valence-corrected chi connectivity index (χ1v) is 12.2. The average Bonchev–Trinajstić information content (AvgIpc) is 3.47. The van der Waals surface area contributed by atoms with E-state index >= 15 is 0 Å². The summed E-state index contributed by atoms with van der Waals surface area (Å²) in [6.45, 7) is 8.22. The normalized spacial score (nSPS) is 16.5. The lowest BCUT2D eigenvalue weighted by Gasteiger charge is -2.27. The Labute approximate surface area is 206 Å². The molecule has 1 saturated heterocycles. The van der Waals surface area contributed by atoms with Crippen molar-refractivity contribution < 1.29 is 19.0 Å². The van der Waals surface area contributed by atoms with Crippen LogP contribution < -0.4 is 4.74 Å². The fourth-order valence-electron chi connectivity index (χ4n) is 4.41. The molecule has 4 rings (SSSR count). The largest absolute Gasteiger partial charge is 0.438 e. The van der Waals surface area contributed by atoms with Gasteiger partial charge in [0.15, 0.2) is 0 Å². The topological polar surface area (TPSA) is 59.8 Å². The van der Waals surface area contributed by atoms with Crippen LogP contribution in [0.5, 0.6) is 11.6 Å². The van der Waals surface area contributed by atoms with E-state index in [1.807, 2.05) is 43.3 Å². The molecule has 1 aliphatic rings. The fraction of sp³-hybridized carbons (Fsp3) is 0.393. The first kappa shape index (κ1) is 25.1. The maximum atomic E-state index is 13.9. The Hall–Kier alpha value is -3.00. The van der Waals surface area contributed by atoms with Gasteiger partial charge in [0.2, 0.25) is 5.88 Å². The van der Waals surface area contributed by atoms with E-state index in [0.717, 1.165) is 42.8 Å². The molecule has 2 atom stereocenters. The molecule has 2 aromatic carbocycles. The molecule has 3 aromatic rings. The van der Waals surface area contributed by atoms with Gasteiger partial charge >= 0.3 is 0 Å². The molecule has 1 N–H and O–H groups in total. The zero-order valence-electron chi connectivity index (χ0n) is 20.3. The zero-order chi connectivity index (χ0) is 24.6. The van der Waals surface area contributed by atoms with Crippen molar-refractivity contribution in [3.05, 3.63) is 84.3 Å². The maximum Gasteiger partial charge on any atom is 0.227 e. The molecule has 186 valence electrons. The van der Waals surface area contributed by atoms with Gasteiger partial charge in [0.1, 0.15) is 11.6 Å². The number of hydrogen-bond acceptors (Lipinski definition) is 5. The van der Waals surface area contributed by atoms with E-state index in [0.29, 0.717) is 37.7 Å². The molecule has 35 heavy (non-hydrogen) atoms. The van der Waals surface area contributed by atoms with Gasteiger partial charge in [-0.25, -0.2) is 9.07 Å². The van der Waals surface area contributed by atoms with Crippen molar-refractivity contribution in [2.24, 2.45) is 0 Å². The van der Waals surface area contributed by atoms with Gasteiger partial charge < -0.3 is 14.6 Å². The van der Waals surface area contributed by atoms with Gasteiger partial charge in [0, 0.05) is 32.3 Å². The molecule has 0 bridgehead atoms. The molecule has 0 radical (unpaired) electrons. The fourth-order valence-corrected chi connectivity index (χ4v) is 4.41. The second kappa shape index (κ2) is 12.1. The van der Waals surface area contributed by atoms with Crippen molar-refractivity contribution in [1.29, 1.82) is 0 Å². The van der Waals surface area contributed by atoms with E-state index in [-0.39, 0.29) is 11.9 Å². The molecule has 0 saturated carbocycles. The van der Waals surface area contributed by atoms with Gasteiger partial charge in [-0.05, 0) is 56.9 Å². The summed E-state index contributed by atoms with van der Waals surface area (Å²) < 4.78 is 27.8. The summed E-state index contributed by atoms with van der Waals surface area (Å²) in [6.07, 6.45) is 4.95. The van der Waals surface area contributed by atoms with Gasteiger partial charge in [0.05, 0.1) is 29.2 Å². The molecular weight excluding hydrogens is 445 g/mol. The maximum absolute atomic E-state index is 13.9. The van der Waals surface area contributed by atoms with Crippen molar-refractivity contribution in [3.63, 3.8) is 0 Å². The van der Waals surface area contributed by atoms with Crippen LogP contribution in [-0.4, -0.2) is 51.7 Å². The van der Waals surface area contributed by atoms with Crippen LogP contribution >= 0.6 is 0 Å². The van der Waals surface area contributed by atoms with Crippen molar-refractivity contribution in [2.45, 2.75) is 51.4 Å². The zero-order valence-corrected chi connectivity index (χ0v) is 20.3. The summed E-state index contributed by atoms with van der Waals surface area (Å²) in [5, 5.41) is 15.4.